The maximum Gasteiger partial charge on any atom is 0.271 e. The number of benzene rings is 1. The van der Waals surface area contributed by atoms with Crippen molar-refractivity contribution in [1.29, 1.82) is 0 Å². The Kier molecular flexibility index (Phi) is 3.62. The number of anilines is 1. The largest absolute Gasteiger partial charge is 0.482 e. The number of likely N-dealkylation sites (N-methyl/N-ethyl adjacent to an activating group) is 1. The first kappa shape index (κ1) is 12.6. The van der Waals surface area contributed by atoms with E-state index in [1.54, 1.807) is 0 Å². The molecule has 2 amide bonds. The van der Waals surface area contributed by atoms with Crippen LogP contribution < -0.4 is 15.0 Å². The van der Waals surface area contributed by atoms with Gasteiger partial charge in [-0.05, 0) is 37.7 Å². The Morgan fingerprint density at radius 2 is 2.28 bits per heavy atom. The fraction of sp³-hybridized carbons (Fsp3) is 0.385. The van der Waals surface area contributed by atoms with Crippen LogP contribution in [0.4, 0.5) is 5.69 Å². The standard InChI is InChI=1S/C13H16N2O3/c1-9(16)15-11-7-10(5-6-14-2)3-4-12(11)18-8-13(15)17/h3-4,7,14H,5-6,8H2,1-2H3. The van der Waals surface area contributed by atoms with Gasteiger partial charge in [0.15, 0.2) is 6.61 Å². The number of ether oxygens (including phenoxy) is 1. The monoisotopic (exact) mass is 248 g/mol. The van der Waals surface area contributed by atoms with Crippen LogP contribution in [0.3, 0.4) is 0 Å². The molecule has 5 heteroatoms. The van der Waals surface area contributed by atoms with Crippen LogP contribution in [0.1, 0.15) is 12.5 Å². The second-order valence-corrected chi connectivity index (χ2v) is 4.19. The number of fused-ring (bicyclic) bond motifs is 1. The van der Waals surface area contributed by atoms with Crippen LogP contribution in [0.25, 0.3) is 0 Å². The van der Waals surface area contributed by atoms with Gasteiger partial charge in [-0.3, -0.25) is 9.59 Å². The lowest BCUT2D eigenvalue weighted by atomic mass is 10.1. The van der Waals surface area contributed by atoms with E-state index < -0.39 is 0 Å². The summed E-state index contributed by atoms with van der Waals surface area (Å²) in [4.78, 5) is 24.4. The van der Waals surface area contributed by atoms with E-state index in [2.05, 4.69) is 5.32 Å². The summed E-state index contributed by atoms with van der Waals surface area (Å²) in [5.74, 6) is -0.0194. The molecule has 0 saturated carbocycles. The van der Waals surface area contributed by atoms with Gasteiger partial charge in [0.25, 0.3) is 5.91 Å². The van der Waals surface area contributed by atoms with Gasteiger partial charge < -0.3 is 10.1 Å². The molecule has 0 bridgehead atoms. The van der Waals surface area contributed by atoms with Gasteiger partial charge in [-0.15, -0.1) is 0 Å². The molecule has 0 fully saturated rings. The van der Waals surface area contributed by atoms with E-state index in [-0.39, 0.29) is 18.4 Å². The minimum absolute atomic E-state index is 0.0809. The summed E-state index contributed by atoms with van der Waals surface area (Å²) in [5.41, 5.74) is 1.61. The van der Waals surface area contributed by atoms with Crippen LogP contribution in [-0.4, -0.2) is 32.0 Å². The molecule has 5 nitrogen and oxygen atoms in total. The summed E-state index contributed by atoms with van der Waals surface area (Å²) < 4.78 is 5.32. The molecule has 18 heavy (non-hydrogen) atoms. The Morgan fingerprint density at radius 3 is 2.94 bits per heavy atom. The van der Waals surface area contributed by atoms with Gasteiger partial charge in [-0.25, -0.2) is 4.90 Å². The topological polar surface area (TPSA) is 58.6 Å². The highest BCUT2D eigenvalue weighted by Gasteiger charge is 2.28. The SMILES string of the molecule is CNCCc1ccc2c(c1)N(C(C)=O)C(=O)CO2. The predicted molar refractivity (Wildman–Crippen MR) is 67.7 cm³/mol. The van der Waals surface area contributed by atoms with Gasteiger partial charge in [0.2, 0.25) is 5.91 Å². The fourth-order valence-electron chi connectivity index (χ4n) is 1.97. The Bertz CT molecular complexity index is 485. The first-order valence-electron chi connectivity index (χ1n) is 5.87. The second kappa shape index (κ2) is 5.18. The average molecular weight is 248 g/mol. The van der Waals surface area contributed by atoms with Crippen molar-refractivity contribution in [3.05, 3.63) is 23.8 Å². The van der Waals surface area contributed by atoms with Crippen molar-refractivity contribution in [2.75, 3.05) is 25.1 Å². The summed E-state index contributed by atoms with van der Waals surface area (Å²) in [7, 11) is 1.88. The Balaban J connectivity index is 2.35. The Hall–Kier alpha value is -1.88. The van der Waals surface area contributed by atoms with Gasteiger partial charge in [-0.2, -0.15) is 0 Å². The van der Waals surface area contributed by atoms with E-state index in [1.807, 2.05) is 25.2 Å². The number of amides is 2. The van der Waals surface area contributed by atoms with Crippen molar-refractivity contribution in [2.45, 2.75) is 13.3 Å². The first-order valence-corrected chi connectivity index (χ1v) is 5.87. The molecular formula is C13H16N2O3. The van der Waals surface area contributed by atoms with E-state index in [4.69, 9.17) is 4.74 Å². The summed E-state index contributed by atoms with van der Waals surface area (Å²) in [6.45, 7) is 2.14. The molecule has 0 saturated heterocycles. The predicted octanol–water partition coefficient (Wildman–Crippen LogP) is 0.720. The molecule has 96 valence electrons. The minimum Gasteiger partial charge on any atom is -0.482 e. The molecule has 0 atom stereocenters. The molecule has 1 N–H and O–H groups in total. The van der Waals surface area contributed by atoms with Crippen LogP contribution >= 0.6 is 0 Å². The molecule has 2 rings (SSSR count). The van der Waals surface area contributed by atoms with E-state index >= 15 is 0 Å². The zero-order valence-electron chi connectivity index (χ0n) is 10.5. The highest BCUT2D eigenvalue weighted by molar-refractivity contribution is 6.16. The number of imide groups is 1. The molecule has 1 heterocycles. The number of nitrogens with zero attached hydrogens (tertiary/aromatic N) is 1. The molecule has 1 aromatic rings. The number of rotatable bonds is 3. The smallest absolute Gasteiger partial charge is 0.271 e. The highest BCUT2D eigenvalue weighted by atomic mass is 16.5. The van der Waals surface area contributed by atoms with Gasteiger partial charge >= 0.3 is 0 Å². The van der Waals surface area contributed by atoms with Gasteiger partial charge in [0.05, 0.1) is 5.69 Å². The van der Waals surface area contributed by atoms with Crippen molar-refractivity contribution in [2.24, 2.45) is 0 Å². The van der Waals surface area contributed by atoms with Crippen molar-refractivity contribution in [3.63, 3.8) is 0 Å². The minimum atomic E-state index is -0.319. The van der Waals surface area contributed by atoms with Crippen LogP contribution in [-0.2, 0) is 16.0 Å². The highest BCUT2D eigenvalue weighted by Crippen LogP contribution is 2.33. The molecule has 1 aliphatic heterocycles. The first-order chi connectivity index (χ1) is 8.63. The lowest BCUT2D eigenvalue weighted by molar-refractivity contribution is -0.127. The lowest BCUT2D eigenvalue weighted by Gasteiger charge is -2.27. The third-order valence-corrected chi connectivity index (χ3v) is 2.84. The summed E-state index contributed by atoms with van der Waals surface area (Å²) in [6.07, 6.45) is 0.837. The van der Waals surface area contributed by atoms with E-state index in [9.17, 15) is 9.59 Å². The average Bonchev–Trinajstić information content (AvgIpc) is 2.35. The number of carbonyl (C=O) groups is 2. The van der Waals surface area contributed by atoms with Gasteiger partial charge in [0, 0.05) is 6.92 Å². The number of hydrogen-bond acceptors (Lipinski definition) is 4. The summed E-state index contributed by atoms with van der Waals surface area (Å²) in [6, 6.07) is 5.60. The van der Waals surface area contributed by atoms with E-state index in [0.717, 1.165) is 18.5 Å². The van der Waals surface area contributed by atoms with Gasteiger partial charge in [0.1, 0.15) is 5.75 Å². The Morgan fingerprint density at radius 1 is 1.50 bits per heavy atom. The zero-order valence-corrected chi connectivity index (χ0v) is 10.5. The Labute approximate surface area is 106 Å². The van der Waals surface area contributed by atoms with Crippen molar-refractivity contribution >= 4 is 17.5 Å². The van der Waals surface area contributed by atoms with Crippen LogP contribution in [0.15, 0.2) is 18.2 Å². The number of nitrogens with one attached hydrogen (secondary N) is 1. The van der Waals surface area contributed by atoms with Crippen molar-refractivity contribution < 1.29 is 14.3 Å². The van der Waals surface area contributed by atoms with E-state index in [0.29, 0.717) is 11.4 Å². The molecule has 0 radical (unpaired) electrons. The molecule has 0 aromatic heterocycles. The second-order valence-electron chi connectivity index (χ2n) is 4.19. The van der Waals surface area contributed by atoms with Crippen LogP contribution in [0, 0.1) is 0 Å². The zero-order chi connectivity index (χ0) is 13.1. The van der Waals surface area contributed by atoms with Crippen molar-refractivity contribution in [1.82, 2.24) is 5.32 Å². The summed E-state index contributed by atoms with van der Waals surface area (Å²) in [5, 5.41) is 3.06. The number of hydrogen-bond donors (Lipinski definition) is 1. The molecule has 1 aromatic carbocycles. The molecule has 0 aliphatic carbocycles. The third-order valence-electron chi connectivity index (χ3n) is 2.84. The maximum absolute atomic E-state index is 11.7. The maximum atomic E-state index is 11.7. The van der Waals surface area contributed by atoms with E-state index in [1.165, 1.54) is 11.8 Å². The van der Waals surface area contributed by atoms with Gasteiger partial charge in [-0.1, -0.05) is 6.07 Å². The molecule has 1 aliphatic rings. The third kappa shape index (κ3) is 2.36. The quantitative estimate of drug-likeness (QED) is 0.856. The van der Waals surface area contributed by atoms with Crippen LogP contribution in [0.2, 0.25) is 0 Å². The molecule has 0 unspecified atom stereocenters. The molecule has 0 spiro atoms. The van der Waals surface area contributed by atoms with Crippen LogP contribution in [0.5, 0.6) is 5.75 Å². The fourth-order valence-corrected chi connectivity index (χ4v) is 1.97. The summed E-state index contributed by atoms with van der Waals surface area (Å²) >= 11 is 0. The van der Waals surface area contributed by atoms with Crippen molar-refractivity contribution in [3.8, 4) is 5.75 Å². The lowest BCUT2D eigenvalue weighted by Crippen LogP contribution is -2.41. The molecular weight excluding hydrogens is 232 g/mol. The number of carbonyl (C=O) groups excluding carboxylic acids is 2. The normalized spacial score (nSPS) is 14.1.